The molecule has 2 aliphatic heterocycles. The van der Waals surface area contributed by atoms with Gasteiger partial charge in [0.15, 0.2) is 0 Å². The van der Waals surface area contributed by atoms with Crippen LogP contribution in [0.2, 0.25) is 0 Å². The third-order valence-electron chi connectivity index (χ3n) is 4.51. The topological polar surface area (TPSA) is 78.7 Å². The maximum atomic E-state index is 12.2. The first-order valence-corrected chi connectivity index (χ1v) is 8.30. The Bertz CT molecular complexity index is 588. The highest BCUT2D eigenvalue weighted by molar-refractivity contribution is 5.97. The lowest BCUT2D eigenvalue weighted by molar-refractivity contribution is -0.118. The highest BCUT2D eigenvalue weighted by atomic mass is 35.5. The Morgan fingerprint density at radius 3 is 2.67 bits per heavy atom. The van der Waals surface area contributed by atoms with Gasteiger partial charge in [0.1, 0.15) is 0 Å². The number of hydrogen-bond acceptors (Lipinski definition) is 4. The predicted molar refractivity (Wildman–Crippen MR) is 97.6 cm³/mol. The van der Waals surface area contributed by atoms with Crippen LogP contribution in [0, 0.1) is 0 Å². The first kappa shape index (κ1) is 18.7. The van der Waals surface area contributed by atoms with Crippen molar-refractivity contribution in [3.05, 3.63) is 24.3 Å². The van der Waals surface area contributed by atoms with Gasteiger partial charge in [-0.25, -0.2) is 0 Å². The monoisotopic (exact) mass is 352 g/mol. The molecular weight excluding hydrogens is 328 g/mol. The number of anilines is 2. The molecule has 24 heavy (non-hydrogen) atoms. The maximum absolute atomic E-state index is 12.2. The summed E-state index contributed by atoms with van der Waals surface area (Å²) in [5.74, 6) is 0.128. The lowest BCUT2D eigenvalue weighted by atomic mass is 10.1. The molecule has 0 atom stereocenters. The summed E-state index contributed by atoms with van der Waals surface area (Å²) >= 11 is 0. The zero-order chi connectivity index (χ0) is 16.2. The molecule has 0 aromatic heterocycles. The van der Waals surface area contributed by atoms with Crippen LogP contribution < -0.4 is 16.0 Å². The highest BCUT2D eigenvalue weighted by Gasteiger charge is 2.22. The number of carbonyl (C=O) groups is 2. The van der Waals surface area contributed by atoms with Crippen molar-refractivity contribution in [2.45, 2.75) is 31.7 Å². The number of hydrogen-bond donors (Lipinski definition) is 2. The molecule has 2 fully saturated rings. The van der Waals surface area contributed by atoms with Crippen LogP contribution >= 0.6 is 12.4 Å². The summed E-state index contributed by atoms with van der Waals surface area (Å²) in [7, 11) is 0. The molecule has 0 radical (unpaired) electrons. The molecule has 0 spiro atoms. The molecule has 0 saturated carbocycles. The minimum atomic E-state index is -0.0228. The fourth-order valence-corrected chi connectivity index (χ4v) is 3.19. The summed E-state index contributed by atoms with van der Waals surface area (Å²) in [5, 5.41) is 2.93. The van der Waals surface area contributed by atoms with Crippen molar-refractivity contribution in [1.82, 2.24) is 4.90 Å². The summed E-state index contributed by atoms with van der Waals surface area (Å²) in [6.07, 6.45) is 3.39. The van der Waals surface area contributed by atoms with Crippen LogP contribution in [-0.4, -0.2) is 48.9 Å². The van der Waals surface area contributed by atoms with E-state index in [4.69, 9.17) is 5.73 Å². The van der Waals surface area contributed by atoms with Crippen LogP contribution in [0.4, 0.5) is 11.4 Å². The Morgan fingerprint density at radius 2 is 2.00 bits per heavy atom. The number of benzene rings is 1. The van der Waals surface area contributed by atoms with Crippen molar-refractivity contribution in [3.63, 3.8) is 0 Å². The molecule has 1 aromatic carbocycles. The van der Waals surface area contributed by atoms with E-state index in [0.29, 0.717) is 13.0 Å². The summed E-state index contributed by atoms with van der Waals surface area (Å²) in [6, 6.07) is 7.77. The predicted octanol–water partition coefficient (Wildman–Crippen LogP) is 1.60. The molecule has 2 heterocycles. The average molecular weight is 353 g/mol. The van der Waals surface area contributed by atoms with E-state index in [2.05, 4.69) is 10.2 Å². The van der Waals surface area contributed by atoms with Gasteiger partial charge >= 0.3 is 0 Å². The molecule has 132 valence electrons. The lowest BCUT2D eigenvalue weighted by Gasteiger charge is -2.29. The highest BCUT2D eigenvalue weighted by Crippen LogP contribution is 2.24. The van der Waals surface area contributed by atoms with E-state index < -0.39 is 0 Å². The lowest BCUT2D eigenvalue weighted by Crippen LogP contribution is -2.43. The molecule has 0 bridgehead atoms. The van der Waals surface area contributed by atoms with Gasteiger partial charge in [-0.05, 0) is 37.5 Å². The van der Waals surface area contributed by atoms with Crippen LogP contribution in [0.15, 0.2) is 24.3 Å². The van der Waals surface area contributed by atoms with Gasteiger partial charge in [0.2, 0.25) is 11.8 Å². The minimum absolute atomic E-state index is 0. The molecule has 0 aliphatic carbocycles. The molecule has 3 N–H and O–H groups in total. The Labute approximate surface area is 148 Å². The van der Waals surface area contributed by atoms with Gasteiger partial charge < -0.3 is 16.0 Å². The van der Waals surface area contributed by atoms with Gasteiger partial charge in [-0.3, -0.25) is 14.5 Å². The van der Waals surface area contributed by atoms with Crippen molar-refractivity contribution in [3.8, 4) is 0 Å². The van der Waals surface area contributed by atoms with E-state index in [-0.39, 0.29) is 30.3 Å². The average Bonchev–Trinajstić information content (AvgIpc) is 2.96. The van der Waals surface area contributed by atoms with Gasteiger partial charge in [-0.2, -0.15) is 0 Å². The van der Waals surface area contributed by atoms with Crippen LogP contribution in [0.25, 0.3) is 0 Å². The summed E-state index contributed by atoms with van der Waals surface area (Å²) in [6.45, 7) is 2.89. The zero-order valence-electron chi connectivity index (χ0n) is 13.7. The Balaban J connectivity index is 0.00000208. The second-order valence-electron chi connectivity index (χ2n) is 6.36. The Kier molecular flexibility index (Phi) is 6.60. The summed E-state index contributed by atoms with van der Waals surface area (Å²) in [5.41, 5.74) is 7.47. The molecule has 3 rings (SSSR count). The standard InChI is InChI=1S/C17H24N4O2.ClH/c18-13-6-9-20(10-7-13)12-16(22)19-14-3-1-4-15(11-14)21-8-2-5-17(21)23;/h1,3-4,11,13H,2,5-10,12,18H2,(H,19,22);1H. The number of rotatable bonds is 4. The zero-order valence-corrected chi connectivity index (χ0v) is 14.6. The SMILES string of the molecule is Cl.NC1CCN(CC(=O)Nc2cccc(N3CCCC3=O)c2)CC1. The van der Waals surface area contributed by atoms with Crippen LogP contribution in [0.3, 0.4) is 0 Å². The van der Waals surface area contributed by atoms with Crippen molar-refractivity contribution < 1.29 is 9.59 Å². The van der Waals surface area contributed by atoms with Crippen molar-refractivity contribution in [2.24, 2.45) is 5.73 Å². The van der Waals surface area contributed by atoms with Crippen molar-refractivity contribution in [2.75, 3.05) is 36.4 Å². The molecule has 6 nitrogen and oxygen atoms in total. The molecule has 2 amide bonds. The van der Waals surface area contributed by atoms with Crippen molar-refractivity contribution >= 4 is 35.6 Å². The number of piperidine rings is 1. The second kappa shape index (κ2) is 8.46. The van der Waals surface area contributed by atoms with E-state index in [9.17, 15) is 9.59 Å². The van der Waals surface area contributed by atoms with Crippen molar-refractivity contribution in [1.29, 1.82) is 0 Å². The number of carbonyl (C=O) groups excluding carboxylic acids is 2. The van der Waals surface area contributed by atoms with Gasteiger partial charge in [0, 0.05) is 43.5 Å². The van der Waals surface area contributed by atoms with Gasteiger partial charge in [0.25, 0.3) is 0 Å². The van der Waals surface area contributed by atoms with E-state index in [1.54, 1.807) is 4.90 Å². The summed E-state index contributed by atoms with van der Waals surface area (Å²) < 4.78 is 0. The maximum Gasteiger partial charge on any atom is 0.238 e. The summed E-state index contributed by atoms with van der Waals surface area (Å²) in [4.78, 5) is 27.9. The van der Waals surface area contributed by atoms with Crippen LogP contribution in [0.5, 0.6) is 0 Å². The fraction of sp³-hybridized carbons (Fsp3) is 0.529. The van der Waals surface area contributed by atoms with Gasteiger partial charge in [-0.15, -0.1) is 12.4 Å². The number of nitrogens with zero attached hydrogens (tertiary/aromatic N) is 2. The number of amides is 2. The number of halogens is 1. The van der Waals surface area contributed by atoms with E-state index in [1.165, 1.54) is 0 Å². The molecule has 2 saturated heterocycles. The molecule has 2 aliphatic rings. The molecule has 1 aromatic rings. The molecule has 0 unspecified atom stereocenters. The number of nitrogens with one attached hydrogen (secondary N) is 1. The first-order valence-electron chi connectivity index (χ1n) is 8.30. The van der Waals surface area contributed by atoms with Crippen LogP contribution in [0.1, 0.15) is 25.7 Å². The number of nitrogens with two attached hydrogens (primary N) is 1. The van der Waals surface area contributed by atoms with E-state index >= 15 is 0 Å². The normalized spacial score (nSPS) is 19.2. The molecule has 7 heteroatoms. The van der Waals surface area contributed by atoms with Crippen LogP contribution in [-0.2, 0) is 9.59 Å². The quantitative estimate of drug-likeness (QED) is 0.862. The minimum Gasteiger partial charge on any atom is -0.328 e. The number of likely N-dealkylation sites (tertiary alicyclic amines) is 1. The third kappa shape index (κ3) is 4.69. The second-order valence-corrected chi connectivity index (χ2v) is 6.36. The van der Waals surface area contributed by atoms with E-state index in [1.807, 2.05) is 24.3 Å². The largest absolute Gasteiger partial charge is 0.328 e. The fourth-order valence-electron chi connectivity index (χ4n) is 3.19. The Hall–Kier alpha value is -1.63. The Morgan fingerprint density at radius 1 is 1.25 bits per heavy atom. The van der Waals surface area contributed by atoms with Gasteiger partial charge in [-0.1, -0.05) is 6.07 Å². The van der Waals surface area contributed by atoms with E-state index in [0.717, 1.165) is 50.3 Å². The molecular formula is C17H25ClN4O2. The first-order chi connectivity index (χ1) is 11.1. The third-order valence-corrected chi connectivity index (χ3v) is 4.51. The smallest absolute Gasteiger partial charge is 0.238 e. The van der Waals surface area contributed by atoms with Gasteiger partial charge in [0.05, 0.1) is 6.54 Å².